The van der Waals surface area contributed by atoms with Gasteiger partial charge in [0.05, 0.1) is 0 Å². The molecule has 0 aliphatic heterocycles. The van der Waals surface area contributed by atoms with Crippen LogP contribution in [0.5, 0.6) is 0 Å². The Bertz CT molecular complexity index is 4810. The van der Waals surface area contributed by atoms with Gasteiger partial charge in [0.2, 0.25) is 0 Å². The van der Waals surface area contributed by atoms with Gasteiger partial charge in [0.25, 0.3) is 0 Å². The van der Waals surface area contributed by atoms with Gasteiger partial charge in [0.1, 0.15) is 0 Å². The van der Waals surface area contributed by atoms with Crippen LogP contribution in [0.4, 0.5) is 0 Å². The molecule has 2 unspecified atom stereocenters. The lowest BCUT2D eigenvalue weighted by Crippen LogP contribution is -2.27. The molecule has 3 aliphatic rings. The molecule has 2 aromatic heterocycles. The molecular weight excluding hydrogens is 1020 g/mol. The molecule has 15 aromatic rings. The van der Waals surface area contributed by atoms with Crippen LogP contribution in [-0.4, -0.2) is 29.9 Å². The maximum Gasteiger partial charge on any atom is 0.164 e. The zero-order valence-corrected chi connectivity index (χ0v) is 45.4. The van der Waals surface area contributed by atoms with Crippen molar-refractivity contribution in [2.24, 2.45) is 0 Å². The van der Waals surface area contributed by atoms with Crippen LogP contribution >= 0.6 is 0 Å². The maximum atomic E-state index is 5.24. The average molecular weight is 1070 g/mol. The van der Waals surface area contributed by atoms with Gasteiger partial charge in [-0.3, -0.25) is 0 Å². The molecule has 0 saturated heterocycles. The normalized spacial score (nSPS) is 14.0. The van der Waals surface area contributed by atoms with E-state index in [-0.39, 0.29) is 11.8 Å². The Morgan fingerprint density at radius 2 is 0.464 bits per heavy atom. The van der Waals surface area contributed by atoms with Crippen LogP contribution < -0.4 is 0 Å². The third-order valence-corrected chi connectivity index (χ3v) is 17.3. The third kappa shape index (κ3) is 7.87. The summed E-state index contributed by atoms with van der Waals surface area (Å²) in [7, 11) is 0. The predicted octanol–water partition coefficient (Wildman–Crippen LogP) is 19.0. The minimum Gasteiger partial charge on any atom is -0.208 e. The van der Waals surface area contributed by atoms with Crippen LogP contribution in [-0.2, 0) is 0 Å². The highest BCUT2D eigenvalue weighted by Crippen LogP contribution is 2.57. The van der Waals surface area contributed by atoms with E-state index in [1.165, 1.54) is 66.1 Å². The molecule has 0 saturated carbocycles. The maximum absolute atomic E-state index is 5.24. The molecule has 0 N–H and O–H groups in total. The zero-order valence-electron chi connectivity index (χ0n) is 45.4. The molecular formula is C78H48N6. The van der Waals surface area contributed by atoms with Gasteiger partial charge in [-0.15, -0.1) is 0 Å². The number of fused-ring (bicyclic) bond motifs is 6. The Morgan fingerprint density at radius 3 is 0.869 bits per heavy atom. The van der Waals surface area contributed by atoms with Gasteiger partial charge in [-0.2, -0.15) is 0 Å². The molecule has 6 heteroatoms. The van der Waals surface area contributed by atoms with Gasteiger partial charge in [-0.05, 0) is 123 Å². The second kappa shape index (κ2) is 19.3. The standard InChI is InChI=1S/C78H48N6/c1-3-17-49(18-4-1)73-79-75(83-77(81-73)69-45-55-21-7-9-23-57(55)59-25-11-13-27-61(59)69)51-35-31-47(32-36-51)53-39-41-65-67(43-53)71-63-29-15-16-30-64(63)72(65)68-44-54(40-42-66(68)71)48-33-37-52(38-34-48)76-80-74(50-19-5-2-6-20-50)82-78(84-76)70-46-56-22-8-10-24-58(56)60-26-12-14-28-62(60)70/h1-46,71-72H. The summed E-state index contributed by atoms with van der Waals surface area (Å²) in [6, 6.07) is 99.7. The molecule has 18 rings (SSSR count). The van der Waals surface area contributed by atoms with Gasteiger partial charge in [-0.1, -0.05) is 255 Å². The number of rotatable bonds is 8. The number of nitrogens with zero attached hydrogens (tertiary/aromatic N) is 6. The molecule has 2 atom stereocenters. The van der Waals surface area contributed by atoms with Crippen molar-refractivity contribution in [1.82, 2.24) is 29.9 Å². The lowest BCUT2D eigenvalue weighted by Gasteiger charge is -2.42. The topological polar surface area (TPSA) is 77.3 Å². The van der Waals surface area contributed by atoms with Crippen molar-refractivity contribution < 1.29 is 0 Å². The number of hydrogen-bond donors (Lipinski definition) is 0. The summed E-state index contributed by atoms with van der Waals surface area (Å²) in [6.45, 7) is 0. The van der Waals surface area contributed by atoms with Crippen LogP contribution in [0.1, 0.15) is 45.2 Å². The van der Waals surface area contributed by atoms with E-state index in [0.717, 1.165) is 66.1 Å². The van der Waals surface area contributed by atoms with E-state index in [0.29, 0.717) is 34.9 Å². The SMILES string of the molecule is c1ccc(-c2nc(-c3ccc(-c4ccc5c(c4)C4c6ccccc6C5c5cc(-c6ccc(-c7nc(-c8ccccc8)nc(-c8cc9ccccc9c9ccccc89)n7)cc6)ccc54)cc3)nc(-c3cc4ccccc4c4ccccc34)n2)cc1. The van der Waals surface area contributed by atoms with Gasteiger partial charge in [-0.25, -0.2) is 29.9 Å². The summed E-state index contributed by atoms with van der Waals surface area (Å²) in [4.78, 5) is 31.0. The summed E-state index contributed by atoms with van der Waals surface area (Å²) in [5.41, 5.74) is 18.6. The van der Waals surface area contributed by atoms with E-state index in [1.54, 1.807) is 0 Å². The lowest BCUT2D eigenvalue weighted by molar-refractivity contribution is 0.755. The highest BCUT2D eigenvalue weighted by Gasteiger charge is 2.41. The van der Waals surface area contributed by atoms with Crippen LogP contribution in [0.15, 0.2) is 279 Å². The Balaban J connectivity index is 0.702. The van der Waals surface area contributed by atoms with Crippen LogP contribution in [0.3, 0.4) is 0 Å². The summed E-state index contributed by atoms with van der Waals surface area (Å²) >= 11 is 0. The monoisotopic (exact) mass is 1070 g/mol. The van der Waals surface area contributed by atoms with Crippen LogP contribution in [0.2, 0.25) is 0 Å². The molecule has 84 heavy (non-hydrogen) atoms. The molecule has 2 heterocycles. The van der Waals surface area contributed by atoms with E-state index in [1.807, 2.05) is 36.4 Å². The van der Waals surface area contributed by atoms with Crippen molar-refractivity contribution in [1.29, 1.82) is 0 Å². The van der Waals surface area contributed by atoms with Crippen molar-refractivity contribution in [2.75, 3.05) is 0 Å². The van der Waals surface area contributed by atoms with Gasteiger partial charge in [0, 0.05) is 45.2 Å². The fraction of sp³-hybridized carbons (Fsp3) is 0.0256. The second-order valence-corrected chi connectivity index (χ2v) is 22.1. The third-order valence-electron chi connectivity index (χ3n) is 17.3. The van der Waals surface area contributed by atoms with Gasteiger partial charge >= 0.3 is 0 Å². The van der Waals surface area contributed by atoms with Crippen molar-refractivity contribution in [3.8, 4) is 90.6 Å². The van der Waals surface area contributed by atoms with Crippen molar-refractivity contribution >= 4 is 43.1 Å². The van der Waals surface area contributed by atoms with Crippen molar-refractivity contribution in [3.05, 3.63) is 312 Å². The first-order valence-electron chi connectivity index (χ1n) is 28.6. The molecule has 0 amide bonds. The first-order valence-corrected chi connectivity index (χ1v) is 28.6. The summed E-state index contributed by atoms with van der Waals surface area (Å²) in [5.74, 6) is 4.06. The molecule has 390 valence electrons. The molecule has 6 nitrogen and oxygen atoms in total. The summed E-state index contributed by atoms with van der Waals surface area (Å²) in [5, 5.41) is 9.27. The van der Waals surface area contributed by atoms with Crippen molar-refractivity contribution in [3.63, 3.8) is 0 Å². The van der Waals surface area contributed by atoms with Crippen LogP contribution in [0.25, 0.3) is 134 Å². The molecule has 0 fully saturated rings. The largest absolute Gasteiger partial charge is 0.208 e. The minimum atomic E-state index is 0.106. The lowest BCUT2D eigenvalue weighted by atomic mass is 9.60. The van der Waals surface area contributed by atoms with E-state index in [4.69, 9.17) is 29.9 Å². The average Bonchev–Trinajstić information content (AvgIpc) is 1.49. The Morgan fingerprint density at radius 1 is 0.179 bits per heavy atom. The second-order valence-electron chi connectivity index (χ2n) is 22.1. The number of hydrogen-bond acceptors (Lipinski definition) is 6. The zero-order chi connectivity index (χ0) is 55.2. The van der Waals surface area contributed by atoms with E-state index < -0.39 is 0 Å². The quantitative estimate of drug-likeness (QED) is 0.141. The first kappa shape index (κ1) is 47.7. The molecule has 0 radical (unpaired) electrons. The van der Waals surface area contributed by atoms with Gasteiger partial charge in [0.15, 0.2) is 34.9 Å². The van der Waals surface area contributed by atoms with Crippen molar-refractivity contribution in [2.45, 2.75) is 11.8 Å². The molecule has 3 aliphatic carbocycles. The minimum absolute atomic E-state index is 0.106. The van der Waals surface area contributed by atoms with E-state index in [2.05, 4.69) is 243 Å². The highest BCUT2D eigenvalue weighted by molar-refractivity contribution is 6.14. The fourth-order valence-corrected chi connectivity index (χ4v) is 13.4. The van der Waals surface area contributed by atoms with E-state index in [9.17, 15) is 0 Å². The molecule has 13 aromatic carbocycles. The number of benzene rings is 13. The summed E-state index contributed by atoms with van der Waals surface area (Å²) < 4.78 is 0. The predicted molar refractivity (Wildman–Crippen MR) is 341 cm³/mol. The molecule has 2 bridgehead atoms. The van der Waals surface area contributed by atoms with Gasteiger partial charge < -0.3 is 0 Å². The number of aromatic nitrogens is 6. The fourth-order valence-electron chi connectivity index (χ4n) is 13.4. The van der Waals surface area contributed by atoms with E-state index >= 15 is 0 Å². The smallest absolute Gasteiger partial charge is 0.164 e. The molecule has 0 spiro atoms. The first-order chi connectivity index (χ1) is 41.6. The summed E-state index contributed by atoms with van der Waals surface area (Å²) in [6.07, 6.45) is 0. The highest BCUT2D eigenvalue weighted by atomic mass is 15.0. The Kier molecular flexibility index (Phi) is 11.0. The Labute approximate surface area is 485 Å². The van der Waals surface area contributed by atoms with Crippen LogP contribution in [0, 0.1) is 0 Å². The Hall–Kier alpha value is -11.1.